The van der Waals surface area contributed by atoms with E-state index in [-0.39, 0.29) is 11.0 Å². The monoisotopic (exact) mass is 386 g/mol. The molecule has 0 radical (unpaired) electrons. The molecule has 0 aliphatic carbocycles. The molecule has 2 rings (SSSR count). The van der Waals surface area contributed by atoms with Gasteiger partial charge >= 0.3 is 0 Å². The summed E-state index contributed by atoms with van der Waals surface area (Å²) in [5.41, 5.74) is 1.19. The Morgan fingerprint density at radius 1 is 1.11 bits per heavy atom. The van der Waals surface area contributed by atoms with Crippen molar-refractivity contribution in [3.05, 3.63) is 54.1 Å². The first-order chi connectivity index (χ1) is 13.0. The second-order valence-corrected chi connectivity index (χ2v) is 6.89. The largest absolute Gasteiger partial charge is 0.494 e. The summed E-state index contributed by atoms with van der Waals surface area (Å²) < 4.78 is 11.3. The van der Waals surface area contributed by atoms with Crippen LogP contribution in [-0.4, -0.2) is 24.2 Å². The van der Waals surface area contributed by atoms with E-state index in [0.717, 1.165) is 17.9 Å². The average Bonchev–Trinajstić information content (AvgIpc) is 2.65. The minimum atomic E-state index is -0.315. The lowest BCUT2D eigenvalue weighted by molar-refractivity contribution is 0.0973. The molecule has 0 aliphatic rings. The van der Waals surface area contributed by atoms with Gasteiger partial charge in [0.25, 0.3) is 5.91 Å². The molecule has 5 nitrogen and oxygen atoms in total. The minimum absolute atomic E-state index is 0.214. The number of amides is 1. The first-order valence-electron chi connectivity index (χ1n) is 9.06. The minimum Gasteiger partial charge on any atom is -0.494 e. The van der Waals surface area contributed by atoms with Crippen molar-refractivity contribution in [2.45, 2.75) is 27.2 Å². The summed E-state index contributed by atoms with van der Waals surface area (Å²) >= 11 is 5.27. The third kappa shape index (κ3) is 6.90. The molecular weight excluding hydrogens is 360 g/mol. The summed E-state index contributed by atoms with van der Waals surface area (Å²) in [4.78, 5) is 12.6. The Bertz CT molecular complexity index is 778. The molecule has 144 valence electrons. The van der Waals surface area contributed by atoms with Gasteiger partial charge in [0.1, 0.15) is 11.5 Å². The Morgan fingerprint density at radius 2 is 1.89 bits per heavy atom. The summed E-state index contributed by atoms with van der Waals surface area (Å²) in [6.07, 6.45) is 0.935. The zero-order valence-electron chi connectivity index (χ0n) is 16.0. The van der Waals surface area contributed by atoms with Gasteiger partial charge in [-0.1, -0.05) is 39.0 Å². The molecule has 1 amide bonds. The summed E-state index contributed by atoms with van der Waals surface area (Å²) in [7, 11) is 0. The number of anilines is 1. The van der Waals surface area contributed by atoms with Gasteiger partial charge in [0.2, 0.25) is 0 Å². The maximum Gasteiger partial charge on any atom is 0.261 e. The quantitative estimate of drug-likeness (QED) is 0.648. The lowest BCUT2D eigenvalue weighted by Gasteiger charge is -2.14. The number of thiocarbonyl (C=S) groups is 1. The van der Waals surface area contributed by atoms with Gasteiger partial charge in [0, 0.05) is 11.8 Å². The summed E-state index contributed by atoms with van der Waals surface area (Å²) in [6.45, 7) is 7.35. The molecule has 2 aromatic carbocycles. The first kappa shape index (κ1) is 20.7. The van der Waals surface area contributed by atoms with E-state index < -0.39 is 0 Å². The van der Waals surface area contributed by atoms with Crippen molar-refractivity contribution in [1.82, 2.24) is 5.32 Å². The van der Waals surface area contributed by atoms with Crippen LogP contribution in [0, 0.1) is 5.92 Å². The van der Waals surface area contributed by atoms with Gasteiger partial charge in [-0.15, -0.1) is 0 Å². The van der Waals surface area contributed by atoms with E-state index in [1.165, 1.54) is 0 Å². The molecular formula is C21H26N2O3S. The van der Waals surface area contributed by atoms with Gasteiger partial charge in [-0.2, -0.15) is 0 Å². The Hall–Kier alpha value is -2.60. The summed E-state index contributed by atoms with van der Waals surface area (Å²) in [5, 5.41) is 5.92. The van der Waals surface area contributed by atoms with E-state index in [0.29, 0.717) is 30.4 Å². The topological polar surface area (TPSA) is 59.6 Å². The van der Waals surface area contributed by atoms with E-state index in [1.54, 1.807) is 18.2 Å². The molecule has 2 aromatic rings. The lowest BCUT2D eigenvalue weighted by atomic mass is 10.2. The normalized spacial score (nSPS) is 10.4. The number of benzene rings is 2. The molecule has 0 fully saturated rings. The molecule has 0 atom stereocenters. The fourth-order valence-electron chi connectivity index (χ4n) is 2.25. The number of ether oxygens (including phenoxy) is 2. The van der Waals surface area contributed by atoms with E-state index in [1.807, 2.05) is 30.3 Å². The first-order valence-corrected chi connectivity index (χ1v) is 9.47. The van der Waals surface area contributed by atoms with Crippen LogP contribution >= 0.6 is 12.2 Å². The van der Waals surface area contributed by atoms with Crippen LogP contribution in [0.2, 0.25) is 0 Å². The molecule has 0 saturated carbocycles. The summed E-state index contributed by atoms with van der Waals surface area (Å²) in [5.74, 6) is 1.35. The average molecular weight is 387 g/mol. The fourth-order valence-corrected chi connectivity index (χ4v) is 2.46. The zero-order chi connectivity index (χ0) is 19.6. The summed E-state index contributed by atoms with van der Waals surface area (Å²) in [6, 6.07) is 14.6. The van der Waals surface area contributed by atoms with Crippen LogP contribution in [0.4, 0.5) is 5.69 Å². The van der Waals surface area contributed by atoms with Gasteiger partial charge in [-0.3, -0.25) is 10.1 Å². The lowest BCUT2D eigenvalue weighted by Crippen LogP contribution is -2.34. The van der Waals surface area contributed by atoms with Crippen LogP contribution in [0.25, 0.3) is 0 Å². The van der Waals surface area contributed by atoms with Crippen LogP contribution in [-0.2, 0) is 0 Å². The number of rotatable bonds is 8. The van der Waals surface area contributed by atoms with Gasteiger partial charge < -0.3 is 14.8 Å². The Kier molecular flexibility index (Phi) is 8.07. The van der Waals surface area contributed by atoms with Crippen molar-refractivity contribution < 1.29 is 14.3 Å². The fraction of sp³-hybridized carbons (Fsp3) is 0.333. The molecule has 0 aromatic heterocycles. The Balaban J connectivity index is 1.99. The highest BCUT2D eigenvalue weighted by Gasteiger charge is 2.14. The van der Waals surface area contributed by atoms with Crippen molar-refractivity contribution in [3.8, 4) is 11.5 Å². The van der Waals surface area contributed by atoms with E-state index in [4.69, 9.17) is 21.7 Å². The maximum atomic E-state index is 12.6. The predicted octanol–water partition coefficient (Wildman–Crippen LogP) is 4.64. The van der Waals surface area contributed by atoms with Crippen molar-refractivity contribution in [1.29, 1.82) is 0 Å². The molecule has 2 N–H and O–H groups in total. The second kappa shape index (κ2) is 10.5. The van der Waals surface area contributed by atoms with E-state index >= 15 is 0 Å². The third-order valence-corrected chi connectivity index (χ3v) is 3.70. The second-order valence-electron chi connectivity index (χ2n) is 6.49. The van der Waals surface area contributed by atoms with Gasteiger partial charge in [0.15, 0.2) is 5.11 Å². The zero-order valence-corrected chi connectivity index (χ0v) is 16.8. The van der Waals surface area contributed by atoms with E-state index in [9.17, 15) is 4.79 Å². The highest BCUT2D eigenvalue weighted by Crippen LogP contribution is 2.20. The molecule has 27 heavy (non-hydrogen) atoms. The number of hydrogen-bond acceptors (Lipinski definition) is 4. The van der Waals surface area contributed by atoms with Crippen LogP contribution in [0.5, 0.6) is 11.5 Å². The van der Waals surface area contributed by atoms with Gasteiger partial charge in [-0.25, -0.2) is 0 Å². The standard InChI is InChI=1S/C21H26N2O3S/c1-4-12-25-17-9-7-8-16(13-17)22-21(27)23-20(24)18-10-5-6-11-19(18)26-14-15(2)3/h5-11,13,15H,4,12,14H2,1-3H3,(H2,22,23,24,27). The molecule has 0 aliphatic heterocycles. The number of nitrogens with one attached hydrogen (secondary N) is 2. The highest BCUT2D eigenvalue weighted by molar-refractivity contribution is 7.80. The molecule has 0 unspecified atom stereocenters. The molecule has 0 bridgehead atoms. The molecule has 0 spiro atoms. The van der Waals surface area contributed by atoms with Gasteiger partial charge in [0.05, 0.1) is 18.8 Å². The molecule has 0 saturated heterocycles. The molecule has 6 heteroatoms. The number of carbonyl (C=O) groups excluding carboxylic acids is 1. The van der Waals surface area contributed by atoms with E-state index in [2.05, 4.69) is 31.4 Å². The van der Waals surface area contributed by atoms with Crippen molar-refractivity contribution >= 4 is 28.9 Å². The van der Waals surface area contributed by atoms with Crippen molar-refractivity contribution in [2.75, 3.05) is 18.5 Å². The number of carbonyl (C=O) groups is 1. The SMILES string of the molecule is CCCOc1cccc(NC(=S)NC(=O)c2ccccc2OCC(C)C)c1. The Labute approximate surface area is 166 Å². The number of para-hydroxylation sites is 1. The van der Waals surface area contributed by atoms with Gasteiger partial charge in [-0.05, 0) is 48.8 Å². The predicted molar refractivity (Wildman–Crippen MR) is 113 cm³/mol. The van der Waals surface area contributed by atoms with Crippen LogP contribution in [0.15, 0.2) is 48.5 Å². The highest BCUT2D eigenvalue weighted by atomic mass is 32.1. The number of hydrogen-bond donors (Lipinski definition) is 2. The molecule has 0 heterocycles. The Morgan fingerprint density at radius 3 is 2.63 bits per heavy atom. The third-order valence-electron chi connectivity index (χ3n) is 3.50. The van der Waals surface area contributed by atoms with Crippen molar-refractivity contribution in [3.63, 3.8) is 0 Å². The maximum absolute atomic E-state index is 12.6. The van der Waals surface area contributed by atoms with Crippen LogP contribution in [0.1, 0.15) is 37.6 Å². The van der Waals surface area contributed by atoms with Crippen molar-refractivity contribution in [2.24, 2.45) is 5.92 Å². The van der Waals surface area contributed by atoms with Crippen LogP contribution in [0.3, 0.4) is 0 Å². The van der Waals surface area contributed by atoms with Crippen LogP contribution < -0.4 is 20.1 Å². The smallest absolute Gasteiger partial charge is 0.261 e.